The number of carbonyl (C=O) groups is 4. The Morgan fingerprint density at radius 1 is 0.825 bits per heavy atom. The summed E-state index contributed by atoms with van der Waals surface area (Å²) < 4.78 is 31.4. The zero-order valence-corrected chi connectivity index (χ0v) is 24.8. The van der Waals surface area contributed by atoms with Gasteiger partial charge >= 0.3 is 24.2 Å². The number of unbranched alkanes of at least 4 members (excludes halogenated alkanes) is 2. The van der Waals surface area contributed by atoms with Gasteiger partial charge in [-0.2, -0.15) is 0 Å². The molecule has 0 aliphatic carbocycles. The quantitative estimate of drug-likeness (QED) is 0.117. The monoisotopic (exact) mass is 567 g/mol. The molecule has 0 heterocycles. The Bertz CT molecular complexity index is 978. The van der Waals surface area contributed by atoms with Gasteiger partial charge in [-0.1, -0.05) is 39.7 Å². The van der Waals surface area contributed by atoms with E-state index < -0.39 is 41.9 Å². The van der Waals surface area contributed by atoms with Gasteiger partial charge in [0.2, 0.25) is 0 Å². The van der Waals surface area contributed by atoms with E-state index in [-0.39, 0.29) is 37.1 Å². The average Bonchev–Trinajstić information content (AvgIpc) is 2.90. The molecule has 0 spiro atoms. The van der Waals surface area contributed by atoms with Crippen molar-refractivity contribution in [1.82, 2.24) is 0 Å². The smallest absolute Gasteiger partial charge is 0.458 e. The number of hydrogen-bond donors (Lipinski definition) is 1. The Labute approximate surface area is 236 Å². The van der Waals surface area contributed by atoms with E-state index in [1.165, 1.54) is 12.1 Å². The van der Waals surface area contributed by atoms with Crippen LogP contribution in [0.3, 0.4) is 0 Å². The summed E-state index contributed by atoms with van der Waals surface area (Å²) in [4.78, 5) is 49.2. The average molecular weight is 568 g/mol. The SMILES string of the molecule is CCCCOC(=O)Oc1ccc(C[C@H](N)C(=O)O[C@@H](C)C(C)OC(=O)C(C)(C)CC)cc1OC(=O)OCCCC. The topological polar surface area (TPSA) is 150 Å². The molecule has 2 N–H and O–H groups in total. The summed E-state index contributed by atoms with van der Waals surface area (Å²) in [5, 5.41) is 0. The van der Waals surface area contributed by atoms with E-state index in [9.17, 15) is 19.2 Å². The molecule has 226 valence electrons. The van der Waals surface area contributed by atoms with Crippen molar-refractivity contribution < 1.29 is 47.6 Å². The Hall–Kier alpha value is -3.34. The lowest BCUT2D eigenvalue weighted by Crippen LogP contribution is -2.40. The summed E-state index contributed by atoms with van der Waals surface area (Å²) in [6.45, 7) is 13.0. The van der Waals surface area contributed by atoms with E-state index in [2.05, 4.69) is 0 Å². The van der Waals surface area contributed by atoms with Gasteiger partial charge < -0.3 is 34.2 Å². The van der Waals surface area contributed by atoms with Crippen LogP contribution in [-0.2, 0) is 35.0 Å². The maximum absolute atomic E-state index is 12.7. The van der Waals surface area contributed by atoms with Gasteiger partial charge in [-0.25, -0.2) is 9.59 Å². The molecular weight excluding hydrogens is 522 g/mol. The molecule has 0 aliphatic rings. The molecule has 3 atom stereocenters. The predicted octanol–water partition coefficient (Wildman–Crippen LogP) is 5.49. The fourth-order valence-electron chi connectivity index (χ4n) is 2.95. The first-order valence-corrected chi connectivity index (χ1v) is 13.8. The molecule has 11 heteroatoms. The molecule has 1 aromatic carbocycles. The number of ether oxygens (including phenoxy) is 6. The summed E-state index contributed by atoms with van der Waals surface area (Å²) in [6, 6.07) is 3.32. The van der Waals surface area contributed by atoms with Gasteiger partial charge in [-0.3, -0.25) is 9.59 Å². The molecule has 11 nitrogen and oxygen atoms in total. The molecule has 0 saturated heterocycles. The van der Waals surface area contributed by atoms with Crippen molar-refractivity contribution in [1.29, 1.82) is 0 Å². The molecule has 1 unspecified atom stereocenters. The number of nitrogens with two attached hydrogens (primary N) is 1. The fraction of sp³-hybridized carbons (Fsp3) is 0.655. The molecule has 0 aromatic heterocycles. The number of hydrogen-bond acceptors (Lipinski definition) is 11. The van der Waals surface area contributed by atoms with Crippen molar-refractivity contribution in [2.45, 2.75) is 105 Å². The minimum atomic E-state index is -1.08. The first-order valence-electron chi connectivity index (χ1n) is 13.8. The highest BCUT2D eigenvalue weighted by molar-refractivity contribution is 5.77. The third-order valence-electron chi connectivity index (χ3n) is 6.28. The molecule has 0 aliphatic heterocycles. The van der Waals surface area contributed by atoms with Crippen LogP contribution in [0.5, 0.6) is 11.5 Å². The molecule has 0 saturated carbocycles. The maximum atomic E-state index is 12.7. The van der Waals surface area contributed by atoms with Crippen LogP contribution in [0.1, 0.15) is 86.1 Å². The standard InChI is InChI=1S/C29H45NO10/c1-8-11-15-35-27(33)39-23-14-13-21(18-24(23)40-28(34)36-16-12-9-2)17-22(30)25(31)37-19(4)20(5)38-26(32)29(6,7)10-3/h13-14,18-20,22H,8-12,15-17,30H2,1-7H3/t19-,20?,22-/m0/s1. The Kier molecular flexibility index (Phi) is 15.1. The van der Waals surface area contributed by atoms with Crippen molar-refractivity contribution >= 4 is 24.2 Å². The third-order valence-corrected chi connectivity index (χ3v) is 6.28. The van der Waals surface area contributed by atoms with Crippen LogP contribution >= 0.6 is 0 Å². The van der Waals surface area contributed by atoms with E-state index in [1.54, 1.807) is 33.8 Å². The van der Waals surface area contributed by atoms with E-state index in [1.807, 2.05) is 20.8 Å². The number of benzene rings is 1. The highest BCUT2D eigenvalue weighted by atomic mass is 16.7. The normalized spacial score (nSPS) is 13.4. The predicted molar refractivity (Wildman–Crippen MR) is 147 cm³/mol. The first-order chi connectivity index (χ1) is 18.8. The number of carbonyl (C=O) groups excluding carboxylic acids is 4. The largest absolute Gasteiger partial charge is 0.513 e. The molecule has 0 amide bonds. The maximum Gasteiger partial charge on any atom is 0.513 e. The number of rotatable bonds is 16. The lowest BCUT2D eigenvalue weighted by atomic mass is 9.90. The summed E-state index contributed by atoms with van der Waals surface area (Å²) in [7, 11) is 0. The summed E-state index contributed by atoms with van der Waals surface area (Å²) in [6.07, 6.45) is 0.280. The van der Waals surface area contributed by atoms with Crippen molar-refractivity contribution in [3.8, 4) is 11.5 Å². The molecular formula is C29H45NO10. The van der Waals surface area contributed by atoms with Gasteiger partial charge in [-0.15, -0.1) is 0 Å². The lowest BCUT2D eigenvalue weighted by Gasteiger charge is -2.27. The van der Waals surface area contributed by atoms with Crippen LogP contribution in [0.2, 0.25) is 0 Å². The Morgan fingerprint density at radius 2 is 1.35 bits per heavy atom. The first kappa shape index (κ1) is 34.7. The summed E-state index contributed by atoms with van der Waals surface area (Å²) in [5.41, 5.74) is 5.94. The van der Waals surface area contributed by atoms with Crippen LogP contribution in [0.4, 0.5) is 9.59 Å². The second-order valence-corrected chi connectivity index (χ2v) is 10.2. The van der Waals surface area contributed by atoms with Gasteiger partial charge in [0.05, 0.1) is 18.6 Å². The van der Waals surface area contributed by atoms with Gasteiger partial charge in [0.15, 0.2) is 11.5 Å². The highest BCUT2D eigenvalue weighted by Crippen LogP contribution is 2.30. The molecule has 0 bridgehead atoms. The van der Waals surface area contributed by atoms with Crippen LogP contribution in [0, 0.1) is 5.41 Å². The fourth-order valence-corrected chi connectivity index (χ4v) is 2.95. The van der Waals surface area contributed by atoms with Crippen molar-refractivity contribution in [2.24, 2.45) is 11.1 Å². The molecule has 40 heavy (non-hydrogen) atoms. The minimum Gasteiger partial charge on any atom is -0.458 e. The van der Waals surface area contributed by atoms with Gasteiger partial charge in [0.1, 0.15) is 18.2 Å². The summed E-state index contributed by atoms with van der Waals surface area (Å²) in [5.74, 6) is -1.24. The van der Waals surface area contributed by atoms with Gasteiger partial charge in [-0.05, 0) is 71.1 Å². The van der Waals surface area contributed by atoms with E-state index >= 15 is 0 Å². The van der Waals surface area contributed by atoms with Gasteiger partial charge in [0, 0.05) is 0 Å². The minimum absolute atomic E-state index is 0.0189. The molecule has 1 aromatic rings. The zero-order chi connectivity index (χ0) is 30.3. The second kappa shape index (κ2) is 17.4. The zero-order valence-electron chi connectivity index (χ0n) is 24.8. The second-order valence-electron chi connectivity index (χ2n) is 10.2. The molecule has 0 fully saturated rings. The van der Waals surface area contributed by atoms with E-state index in [0.717, 1.165) is 12.8 Å². The number of esters is 2. The van der Waals surface area contributed by atoms with Crippen molar-refractivity contribution in [3.05, 3.63) is 23.8 Å². The van der Waals surface area contributed by atoms with Crippen LogP contribution in [-0.4, -0.2) is 55.7 Å². The Morgan fingerprint density at radius 3 is 1.88 bits per heavy atom. The lowest BCUT2D eigenvalue weighted by molar-refractivity contribution is -0.172. The third kappa shape index (κ3) is 12.2. The van der Waals surface area contributed by atoms with Gasteiger partial charge in [0.25, 0.3) is 0 Å². The molecule has 1 rings (SSSR count). The van der Waals surface area contributed by atoms with Crippen LogP contribution in [0.25, 0.3) is 0 Å². The Balaban J connectivity index is 2.91. The highest BCUT2D eigenvalue weighted by Gasteiger charge is 2.31. The van der Waals surface area contributed by atoms with Crippen molar-refractivity contribution in [2.75, 3.05) is 13.2 Å². The van der Waals surface area contributed by atoms with Crippen molar-refractivity contribution in [3.63, 3.8) is 0 Å². The van der Waals surface area contributed by atoms with Crippen LogP contribution in [0.15, 0.2) is 18.2 Å². The van der Waals surface area contributed by atoms with Crippen LogP contribution < -0.4 is 15.2 Å². The molecule has 0 radical (unpaired) electrons. The summed E-state index contributed by atoms with van der Waals surface area (Å²) >= 11 is 0. The van der Waals surface area contributed by atoms with E-state index in [4.69, 9.17) is 34.2 Å². The van der Waals surface area contributed by atoms with E-state index in [0.29, 0.717) is 24.8 Å².